The van der Waals surface area contributed by atoms with Gasteiger partial charge in [-0.25, -0.2) is 8.42 Å². The molecule has 1 unspecified atom stereocenters. The zero-order chi connectivity index (χ0) is 22.6. The molecule has 0 aromatic heterocycles. The van der Waals surface area contributed by atoms with Gasteiger partial charge in [0.25, 0.3) is 0 Å². The van der Waals surface area contributed by atoms with Crippen molar-refractivity contribution in [2.24, 2.45) is 5.92 Å². The summed E-state index contributed by atoms with van der Waals surface area (Å²) in [6.45, 7) is 9.01. The molecule has 2 aromatic carbocycles. The van der Waals surface area contributed by atoms with Crippen molar-refractivity contribution in [1.29, 1.82) is 0 Å². The Bertz CT molecular complexity index is 974. The van der Waals surface area contributed by atoms with Crippen molar-refractivity contribution in [3.63, 3.8) is 0 Å². The molecular weight excluding hydrogens is 408 g/mol. The first kappa shape index (κ1) is 23.5. The van der Waals surface area contributed by atoms with Crippen LogP contribution in [-0.2, 0) is 21.2 Å². The number of rotatable bonds is 7. The molecule has 0 saturated carbocycles. The van der Waals surface area contributed by atoms with Crippen molar-refractivity contribution in [2.75, 3.05) is 13.1 Å². The van der Waals surface area contributed by atoms with E-state index in [2.05, 4.69) is 50.4 Å². The number of carbonyl (C=O) groups is 1. The van der Waals surface area contributed by atoms with E-state index in [-0.39, 0.29) is 17.9 Å². The summed E-state index contributed by atoms with van der Waals surface area (Å²) in [6, 6.07) is 15.4. The number of nitrogens with zero attached hydrogens (tertiary/aromatic N) is 1. The second-order valence-electron chi connectivity index (χ2n) is 8.73. The normalized spacial score (nSPS) is 16.9. The van der Waals surface area contributed by atoms with Crippen molar-refractivity contribution in [1.82, 2.24) is 9.62 Å². The average Bonchev–Trinajstić information content (AvgIpc) is 2.79. The monoisotopic (exact) mass is 442 g/mol. The molecule has 6 heteroatoms. The van der Waals surface area contributed by atoms with Gasteiger partial charge in [-0.1, -0.05) is 57.2 Å². The summed E-state index contributed by atoms with van der Waals surface area (Å²) in [5.74, 6) is 0.204. The van der Waals surface area contributed by atoms with Gasteiger partial charge in [0.15, 0.2) is 0 Å². The van der Waals surface area contributed by atoms with Gasteiger partial charge in [0.2, 0.25) is 15.9 Å². The van der Waals surface area contributed by atoms with Crippen LogP contribution in [0.4, 0.5) is 0 Å². The van der Waals surface area contributed by atoms with Crippen LogP contribution in [0, 0.1) is 5.92 Å². The van der Waals surface area contributed by atoms with Crippen LogP contribution in [0.2, 0.25) is 0 Å². The van der Waals surface area contributed by atoms with Crippen LogP contribution in [0.5, 0.6) is 0 Å². The molecule has 1 amide bonds. The molecule has 3 rings (SSSR count). The largest absolute Gasteiger partial charge is 0.349 e. The molecule has 1 fully saturated rings. The Kier molecular flexibility index (Phi) is 7.55. The highest BCUT2D eigenvalue weighted by Crippen LogP contribution is 2.26. The van der Waals surface area contributed by atoms with Gasteiger partial charge in [0, 0.05) is 19.0 Å². The first-order valence-corrected chi connectivity index (χ1v) is 12.7. The lowest BCUT2D eigenvalue weighted by atomic mass is 9.96. The Labute approximate surface area is 186 Å². The van der Waals surface area contributed by atoms with Crippen LogP contribution in [0.15, 0.2) is 53.4 Å². The third-order valence-electron chi connectivity index (χ3n) is 6.26. The second-order valence-corrected chi connectivity index (χ2v) is 10.7. The molecule has 31 heavy (non-hydrogen) atoms. The Balaban J connectivity index is 1.57. The van der Waals surface area contributed by atoms with Gasteiger partial charge in [-0.05, 0) is 60.9 Å². The summed E-state index contributed by atoms with van der Waals surface area (Å²) in [5, 5.41) is 3.10. The number of carbonyl (C=O) groups excluding carboxylic acids is 1. The first-order chi connectivity index (χ1) is 14.7. The number of hydrogen-bond acceptors (Lipinski definition) is 3. The van der Waals surface area contributed by atoms with Gasteiger partial charge in [0.1, 0.15) is 0 Å². The summed E-state index contributed by atoms with van der Waals surface area (Å²) in [7, 11) is -3.52. The second kappa shape index (κ2) is 9.96. The minimum Gasteiger partial charge on any atom is -0.349 e. The minimum absolute atomic E-state index is 0.00500. The third kappa shape index (κ3) is 5.55. The van der Waals surface area contributed by atoms with Crippen LogP contribution in [0.3, 0.4) is 0 Å². The third-order valence-corrected chi connectivity index (χ3v) is 8.17. The van der Waals surface area contributed by atoms with Crippen molar-refractivity contribution in [3.05, 3.63) is 65.2 Å². The lowest BCUT2D eigenvalue weighted by Gasteiger charge is -2.31. The van der Waals surface area contributed by atoms with E-state index in [1.807, 2.05) is 19.1 Å². The number of benzene rings is 2. The maximum absolute atomic E-state index is 13.0. The number of aryl methyl sites for hydroxylation is 1. The summed E-state index contributed by atoms with van der Waals surface area (Å²) in [5.41, 5.74) is 3.47. The smallest absolute Gasteiger partial charge is 0.243 e. The zero-order valence-electron chi connectivity index (χ0n) is 19.0. The average molecular weight is 443 g/mol. The summed E-state index contributed by atoms with van der Waals surface area (Å²) in [4.78, 5) is 13.1. The van der Waals surface area contributed by atoms with E-state index in [4.69, 9.17) is 0 Å². The molecule has 5 nitrogen and oxygen atoms in total. The standard InChI is InChI=1S/C25H34N2O3S/c1-5-20-6-8-22(9-7-20)19(4)26-25(28)23-14-16-27(17-15-23)31(29,30)24-12-10-21(11-13-24)18(2)3/h6-13,18-19,23H,5,14-17H2,1-4H3,(H,26,28). The Morgan fingerprint density at radius 3 is 2.03 bits per heavy atom. The van der Waals surface area contributed by atoms with E-state index < -0.39 is 10.0 Å². The van der Waals surface area contributed by atoms with E-state index in [9.17, 15) is 13.2 Å². The van der Waals surface area contributed by atoms with Crippen LogP contribution < -0.4 is 5.32 Å². The summed E-state index contributed by atoms with van der Waals surface area (Å²) < 4.78 is 27.5. The van der Waals surface area contributed by atoms with Crippen molar-refractivity contribution >= 4 is 15.9 Å². The SMILES string of the molecule is CCc1ccc(C(C)NC(=O)C2CCN(S(=O)(=O)c3ccc(C(C)C)cc3)CC2)cc1. The number of sulfonamides is 1. The number of piperidine rings is 1. The summed E-state index contributed by atoms with van der Waals surface area (Å²) in [6.07, 6.45) is 2.07. The molecule has 1 N–H and O–H groups in total. The van der Waals surface area contributed by atoms with Gasteiger partial charge in [0.05, 0.1) is 10.9 Å². The predicted molar refractivity (Wildman–Crippen MR) is 124 cm³/mol. The fourth-order valence-electron chi connectivity index (χ4n) is 3.99. The molecule has 2 aromatic rings. The molecule has 1 atom stereocenters. The minimum atomic E-state index is -3.52. The Morgan fingerprint density at radius 1 is 0.968 bits per heavy atom. The molecule has 1 saturated heterocycles. The zero-order valence-corrected chi connectivity index (χ0v) is 19.8. The first-order valence-electron chi connectivity index (χ1n) is 11.2. The van der Waals surface area contributed by atoms with E-state index >= 15 is 0 Å². The molecule has 1 heterocycles. The molecular formula is C25H34N2O3S. The maximum Gasteiger partial charge on any atom is 0.243 e. The van der Waals surface area contributed by atoms with Crippen LogP contribution >= 0.6 is 0 Å². The molecule has 168 valence electrons. The quantitative estimate of drug-likeness (QED) is 0.679. The predicted octanol–water partition coefficient (Wildman–Crippen LogP) is 4.65. The van der Waals surface area contributed by atoms with Gasteiger partial charge in [-0.2, -0.15) is 4.31 Å². The number of hydrogen-bond donors (Lipinski definition) is 1. The topological polar surface area (TPSA) is 66.5 Å². The van der Waals surface area contributed by atoms with Crippen LogP contribution in [0.1, 0.15) is 69.2 Å². The van der Waals surface area contributed by atoms with Crippen LogP contribution in [0.25, 0.3) is 0 Å². The van der Waals surface area contributed by atoms with Gasteiger partial charge in [-0.3, -0.25) is 4.79 Å². The van der Waals surface area contributed by atoms with Crippen molar-refractivity contribution < 1.29 is 13.2 Å². The van der Waals surface area contributed by atoms with Gasteiger partial charge < -0.3 is 5.32 Å². The Morgan fingerprint density at radius 2 is 1.52 bits per heavy atom. The molecule has 0 spiro atoms. The Hall–Kier alpha value is -2.18. The van der Waals surface area contributed by atoms with E-state index in [0.29, 0.717) is 36.7 Å². The molecule has 1 aliphatic heterocycles. The highest BCUT2D eigenvalue weighted by molar-refractivity contribution is 7.89. The maximum atomic E-state index is 13.0. The molecule has 0 aliphatic carbocycles. The fraction of sp³-hybridized carbons (Fsp3) is 0.480. The van der Waals surface area contributed by atoms with Crippen molar-refractivity contribution in [3.8, 4) is 0 Å². The van der Waals surface area contributed by atoms with Crippen molar-refractivity contribution in [2.45, 2.75) is 63.8 Å². The lowest BCUT2D eigenvalue weighted by molar-refractivity contribution is -0.126. The number of nitrogens with one attached hydrogen (secondary N) is 1. The number of amides is 1. The molecule has 0 bridgehead atoms. The fourth-order valence-corrected chi connectivity index (χ4v) is 5.46. The van der Waals surface area contributed by atoms with E-state index in [1.165, 1.54) is 9.87 Å². The van der Waals surface area contributed by atoms with Gasteiger partial charge >= 0.3 is 0 Å². The van der Waals surface area contributed by atoms with E-state index in [1.54, 1.807) is 12.1 Å². The van der Waals surface area contributed by atoms with Gasteiger partial charge in [-0.15, -0.1) is 0 Å². The molecule has 0 radical (unpaired) electrons. The highest BCUT2D eigenvalue weighted by atomic mass is 32.2. The van der Waals surface area contributed by atoms with E-state index in [0.717, 1.165) is 17.5 Å². The lowest BCUT2D eigenvalue weighted by Crippen LogP contribution is -2.43. The summed E-state index contributed by atoms with van der Waals surface area (Å²) >= 11 is 0. The van der Waals surface area contributed by atoms with Crippen LogP contribution in [-0.4, -0.2) is 31.7 Å². The molecule has 1 aliphatic rings. The highest BCUT2D eigenvalue weighted by Gasteiger charge is 2.32.